The summed E-state index contributed by atoms with van der Waals surface area (Å²) in [5, 5.41) is 3.79. The lowest BCUT2D eigenvalue weighted by molar-refractivity contribution is -0.140. The Balaban J connectivity index is 0.00000264. The topological polar surface area (TPSA) is 61.9 Å². The molecule has 2 amide bonds. The number of carbonyl (C=O) groups is 2. The van der Waals surface area contributed by atoms with Crippen LogP contribution in [0.5, 0.6) is 5.75 Å². The molecular formula is C15H21Cl2N3O3. The molecule has 1 aliphatic rings. The molecule has 128 valence electrons. The van der Waals surface area contributed by atoms with Crippen LogP contribution in [-0.2, 0) is 9.59 Å². The van der Waals surface area contributed by atoms with Gasteiger partial charge in [0.1, 0.15) is 5.75 Å². The Labute approximate surface area is 147 Å². The van der Waals surface area contributed by atoms with E-state index in [1.54, 1.807) is 36.2 Å². The molecule has 0 spiro atoms. The SMILES string of the molecule is CN(CC(=O)N1CCNCC1)C(=O)COc1ccc(Cl)cc1.Cl. The second-order valence-corrected chi connectivity index (χ2v) is 5.56. The van der Waals surface area contributed by atoms with Crippen LogP contribution in [0.4, 0.5) is 0 Å². The van der Waals surface area contributed by atoms with Crippen molar-refractivity contribution in [1.29, 1.82) is 0 Å². The number of nitrogens with one attached hydrogen (secondary N) is 1. The van der Waals surface area contributed by atoms with E-state index in [4.69, 9.17) is 16.3 Å². The molecule has 2 rings (SSSR count). The molecule has 1 heterocycles. The number of benzene rings is 1. The summed E-state index contributed by atoms with van der Waals surface area (Å²) >= 11 is 5.78. The third-order valence-electron chi connectivity index (χ3n) is 3.44. The molecule has 1 saturated heterocycles. The molecule has 0 saturated carbocycles. The van der Waals surface area contributed by atoms with Crippen LogP contribution in [0.15, 0.2) is 24.3 Å². The zero-order chi connectivity index (χ0) is 15.9. The predicted molar refractivity (Wildman–Crippen MR) is 91.3 cm³/mol. The predicted octanol–water partition coefficient (Wildman–Crippen LogP) is 1.03. The van der Waals surface area contributed by atoms with Crippen molar-refractivity contribution in [2.24, 2.45) is 0 Å². The van der Waals surface area contributed by atoms with Gasteiger partial charge >= 0.3 is 0 Å². The Morgan fingerprint density at radius 3 is 2.48 bits per heavy atom. The standard InChI is InChI=1S/C15H20ClN3O3.ClH/c1-18(10-14(20)19-8-6-17-7-9-19)15(21)11-22-13-4-2-12(16)3-5-13;/h2-5,17H,6-11H2,1H3;1H. The number of carbonyl (C=O) groups excluding carboxylic acids is 2. The molecule has 1 aliphatic heterocycles. The number of amides is 2. The van der Waals surface area contributed by atoms with Crippen molar-refractivity contribution in [1.82, 2.24) is 15.1 Å². The minimum absolute atomic E-state index is 0. The first-order chi connectivity index (χ1) is 10.6. The van der Waals surface area contributed by atoms with Crippen LogP contribution in [0.2, 0.25) is 5.02 Å². The van der Waals surface area contributed by atoms with E-state index in [-0.39, 0.29) is 37.4 Å². The van der Waals surface area contributed by atoms with Gasteiger partial charge in [-0.1, -0.05) is 11.6 Å². The van der Waals surface area contributed by atoms with E-state index >= 15 is 0 Å². The maximum Gasteiger partial charge on any atom is 0.260 e. The molecule has 0 radical (unpaired) electrons. The number of likely N-dealkylation sites (N-methyl/N-ethyl adjacent to an activating group) is 1. The third kappa shape index (κ3) is 6.25. The molecule has 6 nitrogen and oxygen atoms in total. The average Bonchev–Trinajstić information content (AvgIpc) is 2.54. The summed E-state index contributed by atoms with van der Waals surface area (Å²) < 4.78 is 5.39. The molecule has 23 heavy (non-hydrogen) atoms. The number of piperazine rings is 1. The lowest BCUT2D eigenvalue weighted by atomic mass is 10.3. The van der Waals surface area contributed by atoms with Gasteiger partial charge in [-0.05, 0) is 24.3 Å². The number of nitrogens with zero attached hydrogens (tertiary/aromatic N) is 2. The number of rotatable bonds is 5. The second-order valence-electron chi connectivity index (χ2n) is 5.12. The van der Waals surface area contributed by atoms with Crippen LogP contribution in [0.3, 0.4) is 0 Å². The summed E-state index contributed by atoms with van der Waals surface area (Å²) in [7, 11) is 1.60. The molecular weight excluding hydrogens is 341 g/mol. The van der Waals surface area contributed by atoms with E-state index in [0.29, 0.717) is 23.9 Å². The summed E-state index contributed by atoms with van der Waals surface area (Å²) in [5.74, 6) is 0.293. The number of ether oxygens (including phenoxy) is 1. The quantitative estimate of drug-likeness (QED) is 0.850. The molecule has 1 aromatic carbocycles. The van der Waals surface area contributed by atoms with Gasteiger partial charge in [0.15, 0.2) is 6.61 Å². The zero-order valence-electron chi connectivity index (χ0n) is 13.0. The molecule has 1 aromatic rings. The molecule has 0 unspecified atom stereocenters. The maximum atomic E-state index is 12.1. The summed E-state index contributed by atoms with van der Waals surface area (Å²) in [6.07, 6.45) is 0. The van der Waals surface area contributed by atoms with Gasteiger partial charge in [0.25, 0.3) is 5.91 Å². The van der Waals surface area contributed by atoms with E-state index in [0.717, 1.165) is 13.1 Å². The van der Waals surface area contributed by atoms with Crippen LogP contribution in [0, 0.1) is 0 Å². The average molecular weight is 362 g/mol. The van der Waals surface area contributed by atoms with Gasteiger partial charge in [-0.3, -0.25) is 9.59 Å². The van der Waals surface area contributed by atoms with E-state index < -0.39 is 0 Å². The number of halogens is 2. The summed E-state index contributed by atoms with van der Waals surface area (Å²) in [5.41, 5.74) is 0. The van der Waals surface area contributed by atoms with Crippen LogP contribution < -0.4 is 10.1 Å². The maximum absolute atomic E-state index is 12.1. The van der Waals surface area contributed by atoms with Crippen molar-refractivity contribution in [3.8, 4) is 5.75 Å². The Hall–Kier alpha value is -1.50. The van der Waals surface area contributed by atoms with Gasteiger partial charge < -0.3 is 19.9 Å². The largest absolute Gasteiger partial charge is 0.484 e. The smallest absolute Gasteiger partial charge is 0.260 e. The molecule has 8 heteroatoms. The minimum Gasteiger partial charge on any atom is -0.484 e. The van der Waals surface area contributed by atoms with E-state index in [9.17, 15) is 9.59 Å². The summed E-state index contributed by atoms with van der Waals surface area (Å²) in [6.45, 7) is 2.92. The first-order valence-corrected chi connectivity index (χ1v) is 7.55. The molecule has 1 N–H and O–H groups in total. The highest BCUT2D eigenvalue weighted by Gasteiger charge is 2.20. The van der Waals surface area contributed by atoms with Gasteiger partial charge in [0.05, 0.1) is 6.54 Å². The van der Waals surface area contributed by atoms with E-state index in [1.807, 2.05) is 0 Å². The molecule has 1 fully saturated rings. The van der Waals surface area contributed by atoms with Crippen LogP contribution >= 0.6 is 24.0 Å². The molecule has 0 aliphatic carbocycles. The third-order valence-corrected chi connectivity index (χ3v) is 3.70. The zero-order valence-corrected chi connectivity index (χ0v) is 14.5. The summed E-state index contributed by atoms with van der Waals surface area (Å²) in [6, 6.07) is 6.78. The highest BCUT2D eigenvalue weighted by atomic mass is 35.5. The molecule has 0 aromatic heterocycles. The van der Waals surface area contributed by atoms with Crippen molar-refractivity contribution >= 4 is 35.8 Å². The fourth-order valence-corrected chi connectivity index (χ4v) is 2.22. The first kappa shape index (κ1) is 19.5. The fourth-order valence-electron chi connectivity index (χ4n) is 2.09. The Bertz CT molecular complexity index is 519. The van der Waals surface area contributed by atoms with Gasteiger partial charge in [0.2, 0.25) is 5.91 Å². The minimum atomic E-state index is -0.238. The monoisotopic (exact) mass is 361 g/mol. The Kier molecular flexibility index (Phi) is 8.16. The normalized spacial score (nSPS) is 13.9. The van der Waals surface area contributed by atoms with Gasteiger partial charge in [-0.15, -0.1) is 12.4 Å². The summed E-state index contributed by atoms with van der Waals surface area (Å²) in [4.78, 5) is 27.2. The van der Waals surface area contributed by atoms with Gasteiger partial charge in [0, 0.05) is 38.2 Å². The lowest BCUT2D eigenvalue weighted by Crippen LogP contribution is -2.50. The fraction of sp³-hybridized carbons (Fsp3) is 0.467. The number of hydrogen-bond acceptors (Lipinski definition) is 4. The highest BCUT2D eigenvalue weighted by Crippen LogP contribution is 2.15. The second kappa shape index (κ2) is 9.60. The van der Waals surface area contributed by atoms with E-state index in [2.05, 4.69) is 5.32 Å². The first-order valence-electron chi connectivity index (χ1n) is 7.17. The van der Waals surface area contributed by atoms with Crippen molar-refractivity contribution in [2.75, 3.05) is 46.4 Å². The molecule has 0 bridgehead atoms. The van der Waals surface area contributed by atoms with Crippen molar-refractivity contribution in [2.45, 2.75) is 0 Å². The molecule has 0 atom stereocenters. The van der Waals surface area contributed by atoms with Gasteiger partial charge in [-0.2, -0.15) is 0 Å². The highest BCUT2D eigenvalue weighted by molar-refractivity contribution is 6.30. The van der Waals surface area contributed by atoms with Crippen molar-refractivity contribution < 1.29 is 14.3 Å². The van der Waals surface area contributed by atoms with E-state index in [1.165, 1.54) is 4.90 Å². The van der Waals surface area contributed by atoms with Crippen LogP contribution in [0.1, 0.15) is 0 Å². The van der Waals surface area contributed by atoms with Crippen LogP contribution in [-0.4, -0.2) is 68.0 Å². The van der Waals surface area contributed by atoms with Crippen molar-refractivity contribution in [3.05, 3.63) is 29.3 Å². The van der Waals surface area contributed by atoms with Gasteiger partial charge in [-0.25, -0.2) is 0 Å². The lowest BCUT2D eigenvalue weighted by Gasteiger charge is -2.29. The van der Waals surface area contributed by atoms with Crippen LogP contribution in [0.25, 0.3) is 0 Å². The Morgan fingerprint density at radius 1 is 1.26 bits per heavy atom. The Morgan fingerprint density at radius 2 is 1.87 bits per heavy atom. The number of hydrogen-bond donors (Lipinski definition) is 1. The van der Waals surface area contributed by atoms with Crippen molar-refractivity contribution in [3.63, 3.8) is 0 Å².